The van der Waals surface area contributed by atoms with Crippen molar-refractivity contribution in [1.82, 2.24) is 14.5 Å². The van der Waals surface area contributed by atoms with Crippen LogP contribution in [-0.2, 0) is 5.41 Å². The van der Waals surface area contributed by atoms with Crippen LogP contribution in [0.3, 0.4) is 0 Å². The highest BCUT2D eigenvalue weighted by Gasteiger charge is 2.36. The van der Waals surface area contributed by atoms with Crippen molar-refractivity contribution in [3.8, 4) is 50.6 Å². The van der Waals surface area contributed by atoms with Crippen molar-refractivity contribution in [3.05, 3.63) is 151 Å². The van der Waals surface area contributed by atoms with E-state index < -0.39 is 0 Å². The lowest BCUT2D eigenvalue weighted by Crippen LogP contribution is -2.20. The van der Waals surface area contributed by atoms with Crippen molar-refractivity contribution < 1.29 is 0 Å². The average molecular weight is 540 g/mol. The molecule has 0 bridgehead atoms. The van der Waals surface area contributed by atoms with Crippen molar-refractivity contribution in [3.63, 3.8) is 0 Å². The normalized spacial score (nSPS) is 13.2. The quantitative estimate of drug-likeness (QED) is 0.224. The molecule has 200 valence electrons. The Balaban J connectivity index is 1.54. The highest BCUT2D eigenvalue weighted by Crippen LogP contribution is 2.53. The summed E-state index contributed by atoms with van der Waals surface area (Å²) in [5.41, 5.74) is 13.8. The van der Waals surface area contributed by atoms with E-state index in [0.717, 1.165) is 28.2 Å². The van der Waals surface area contributed by atoms with E-state index in [1.807, 2.05) is 30.6 Å². The smallest absolute Gasteiger partial charge is 0.0723 e. The van der Waals surface area contributed by atoms with Gasteiger partial charge in [-0.1, -0.05) is 98.8 Å². The molecule has 0 saturated heterocycles. The van der Waals surface area contributed by atoms with Gasteiger partial charge in [-0.2, -0.15) is 0 Å². The van der Waals surface area contributed by atoms with Crippen LogP contribution in [0.1, 0.15) is 25.0 Å². The van der Waals surface area contributed by atoms with Crippen molar-refractivity contribution in [1.29, 1.82) is 0 Å². The molecule has 1 aliphatic rings. The summed E-state index contributed by atoms with van der Waals surface area (Å²) >= 11 is 0. The van der Waals surface area contributed by atoms with Crippen molar-refractivity contribution in [2.45, 2.75) is 19.3 Å². The van der Waals surface area contributed by atoms with E-state index in [2.05, 4.69) is 133 Å². The van der Waals surface area contributed by atoms with Crippen LogP contribution in [0.2, 0.25) is 0 Å². The summed E-state index contributed by atoms with van der Waals surface area (Å²) < 4.78 is 2.47. The van der Waals surface area contributed by atoms with Gasteiger partial charge < -0.3 is 4.57 Å². The molecule has 0 radical (unpaired) electrons. The second kappa shape index (κ2) is 9.39. The van der Waals surface area contributed by atoms with Crippen LogP contribution in [-0.4, -0.2) is 14.5 Å². The fraction of sp³-hybridized carbons (Fsp3) is 0.0769. The topological polar surface area (TPSA) is 30.7 Å². The molecule has 3 heteroatoms. The van der Waals surface area contributed by atoms with Crippen LogP contribution in [0.25, 0.3) is 61.5 Å². The third kappa shape index (κ3) is 3.60. The average Bonchev–Trinajstić information content (AvgIpc) is 3.36. The lowest BCUT2D eigenvalue weighted by Gasteiger charge is -2.28. The summed E-state index contributed by atoms with van der Waals surface area (Å²) in [5.74, 6) is 0. The number of aromatic nitrogens is 3. The number of nitrogens with zero attached hydrogens (tertiary/aromatic N) is 3. The maximum Gasteiger partial charge on any atom is 0.0723 e. The molecule has 7 aromatic rings. The van der Waals surface area contributed by atoms with E-state index in [-0.39, 0.29) is 5.41 Å². The number of fused-ring (bicyclic) bond motifs is 7. The van der Waals surface area contributed by atoms with Gasteiger partial charge in [-0.05, 0) is 59.2 Å². The molecule has 3 nitrogen and oxygen atoms in total. The predicted octanol–water partition coefficient (Wildman–Crippen LogP) is 9.73. The van der Waals surface area contributed by atoms with E-state index in [9.17, 15) is 0 Å². The largest absolute Gasteiger partial charge is 0.308 e. The van der Waals surface area contributed by atoms with E-state index in [1.54, 1.807) is 0 Å². The zero-order valence-corrected chi connectivity index (χ0v) is 23.6. The van der Waals surface area contributed by atoms with Gasteiger partial charge >= 0.3 is 0 Å². The molecule has 0 unspecified atom stereocenters. The summed E-state index contributed by atoms with van der Waals surface area (Å²) in [5, 5.41) is 1.24. The number of hydrogen-bond acceptors (Lipinski definition) is 2. The number of benzene rings is 4. The van der Waals surface area contributed by atoms with Crippen molar-refractivity contribution in [2.75, 3.05) is 0 Å². The molecular formula is C39H29N3. The molecule has 0 spiro atoms. The van der Waals surface area contributed by atoms with Crippen LogP contribution >= 0.6 is 0 Å². The Labute approximate surface area is 245 Å². The Morgan fingerprint density at radius 2 is 1.17 bits per heavy atom. The summed E-state index contributed by atoms with van der Waals surface area (Å²) in [6.45, 7) is 4.70. The van der Waals surface area contributed by atoms with E-state index in [4.69, 9.17) is 4.98 Å². The van der Waals surface area contributed by atoms with E-state index in [1.165, 1.54) is 44.4 Å². The Kier molecular flexibility index (Phi) is 5.48. The standard InChI is InChI=1S/C39H29N3/c1-39(2)31-16-6-3-13-27(31)37-29-15-5-8-20-35(29)42(38(37)28-14-4-7-17-32(28)39)36-22-21-26(33-18-9-11-23-40-33)25-30(36)34-19-10-12-24-41-34/h3-25H,1-2H3. The Morgan fingerprint density at radius 1 is 0.548 bits per heavy atom. The zero-order chi connectivity index (χ0) is 28.3. The minimum atomic E-state index is -0.176. The second-order valence-electron chi connectivity index (χ2n) is 11.5. The van der Waals surface area contributed by atoms with E-state index >= 15 is 0 Å². The molecule has 3 aromatic heterocycles. The van der Waals surface area contributed by atoms with Crippen LogP contribution < -0.4 is 0 Å². The van der Waals surface area contributed by atoms with Gasteiger partial charge in [0.2, 0.25) is 0 Å². The Hall–Kier alpha value is -5.28. The number of rotatable bonds is 3. The Bertz CT molecular complexity index is 2100. The first-order valence-electron chi connectivity index (χ1n) is 14.4. The fourth-order valence-corrected chi connectivity index (χ4v) is 6.79. The monoisotopic (exact) mass is 539 g/mol. The van der Waals surface area contributed by atoms with E-state index in [0.29, 0.717) is 0 Å². The van der Waals surface area contributed by atoms with Gasteiger partial charge in [-0.15, -0.1) is 0 Å². The van der Waals surface area contributed by atoms with Crippen molar-refractivity contribution in [2.24, 2.45) is 0 Å². The lowest BCUT2D eigenvalue weighted by molar-refractivity contribution is 0.646. The first kappa shape index (κ1) is 24.5. The summed E-state index contributed by atoms with van der Waals surface area (Å²) in [6.07, 6.45) is 3.72. The van der Waals surface area contributed by atoms with Crippen LogP contribution in [0, 0.1) is 0 Å². The first-order chi connectivity index (χ1) is 20.6. The summed E-state index contributed by atoms with van der Waals surface area (Å²) in [4.78, 5) is 9.49. The molecule has 0 saturated carbocycles. The van der Waals surface area contributed by atoms with Gasteiger partial charge in [-0.25, -0.2) is 0 Å². The summed E-state index contributed by atoms with van der Waals surface area (Å²) in [6, 6.07) is 45.5. The molecule has 0 amide bonds. The molecule has 0 fully saturated rings. The van der Waals surface area contributed by atoms with Gasteiger partial charge in [0.05, 0.1) is 28.3 Å². The second-order valence-corrected chi connectivity index (χ2v) is 11.5. The van der Waals surface area contributed by atoms with Gasteiger partial charge in [0, 0.05) is 45.4 Å². The minimum absolute atomic E-state index is 0.176. The van der Waals surface area contributed by atoms with Crippen molar-refractivity contribution >= 4 is 10.9 Å². The molecule has 0 N–H and O–H groups in total. The van der Waals surface area contributed by atoms with Gasteiger partial charge in [0.15, 0.2) is 0 Å². The zero-order valence-electron chi connectivity index (χ0n) is 23.6. The summed E-state index contributed by atoms with van der Waals surface area (Å²) in [7, 11) is 0. The highest BCUT2D eigenvalue weighted by molar-refractivity contribution is 6.08. The van der Waals surface area contributed by atoms with Crippen LogP contribution in [0.15, 0.2) is 140 Å². The lowest BCUT2D eigenvalue weighted by atomic mass is 9.75. The molecule has 3 heterocycles. The molecule has 0 aliphatic heterocycles. The SMILES string of the molecule is CC1(C)c2ccccc2-c2c(n(-c3ccc(-c4ccccn4)cc3-c3ccccn3)c3ccccc23)-c2ccccc21. The predicted molar refractivity (Wildman–Crippen MR) is 173 cm³/mol. The molecular weight excluding hydrogens is 510 g/mol. The van der Waals surface area contributed by atoms with Crippen LogP contribution in [0.4, 0.5) is 0 Å². The molecule has 1 aliphatic carbocycles. The maximum atomic E-state index is 4.83. The molecule has 8 rings (SSSR count). The van der Waals surface area contributed by atoms with Gasteiger partial charge in [-0.3, -0.25) is 9.97 Å². The Morgan fingerprint density at radius 3 is 1.90 bits per heavy atom. The van der Waals surface area contributed by atoms with Crippen LogP contribution in [0.5, 0.6) is 0 Å². The third-order valence-electron chi connectivity index (χ3n) is 8.74. The maximum absolute atomic E-state index is 4.83. The van der Waals surface area contributed by atoms with Gasteiger partial charge in [0.25, 0.3) is 0 Å². The molecule has 4 aromatic carbocycles. The first-order valence-corrected chi connectivity index (χ1v) is 14.4. The molecule has 0 atom stereocenters. The number of pyridine rings is 2. The number of hydrogen-bond donors (Lipinski definition) is 0. The van der Waals surface area contributed by atoms with Gasteiger partial charge in [0.1, 0.15) is 0 Å². The molecule has 42 heavy (non-hydrogen) atoms. The number of para-hydroxylation sites is 1. The third-order valence-corrected chi connectivity index (χ3v) is 8.74. The highest BCUT2D eigenvalue weighted by atomic mass is 15.0. The minimum Gasteiger partial charge on any atom is -0.308 e. The fourth-order valence-electron chi connectivity index (χ4n) is 6.79.